The zero-order valence-electron chi connectivity index (χ0n) is 11.2. The topological polar surface area (TPSA) is 46.5 Å². The molecule has 1 N–H and O–H groups in total. The van der Waals surface area contributed by atoms with Crippen LogP contribution in [-0.4, -0.2) is 11.1 Å². The quantitative estimate of drug-likeness (QED) is 0.803. The molecule has 0 spiro atoms. The van der Waals surface area contributed by atoms with Crippen molar-refractivity contribution in [2.24, 2.45) is 0 Å². The molecule has 0 saturated carbocycles. The highest BCUT2D eigenvalue weighted by molar-refractivity contribution is 9.10. The lowest BCUT2D eigenvalue weighted by Gasteiger charge is -2.09. The lowest BCUT2D eigenvalue weighted by molar-refractivity contribution is -0.136. The predicted octanol–water partition coefficient (Wildman–Crippen LogP) is 4.70. The van der Waals surface area contributed by atoms with Crippen LogP contribution in [0.2, 0.25) is 5.02 Å². The number of aryl methyl sites for hydroxylation is 1. The van der Waals surface area contributed by atoms with Gasteiger partial charge in [0.15, 0.2) is 0 Å². The predicted molar refractivity (Wildman–Crippen MR) is 85.9 cm³/mol. The number of hydrogen-bond donors (Lipinski definition) is 1. The van der Waals surface area contributed by atoms with Crippen molar-refractivity contribution in [2.75, 3.05) is 0 Å². The molecule has 0 amide bonds. The fourth-order valence-electron chi connectivity index (χ4n) is 1.82. The first-order valence-electron chi connectivity index (χ1n) is 6.42. The Morgan fingerprint density at radius 3 is 2.57 bits per heavy atom. The fourth-order valence-corrected chi connectivity index (χ4v) is 2.40. The normalized spacial score (nSPS) is 10.4. The molecule has 0 aliphatic carbocycles. The highest BCUT2D eigenvalue weighted by Crippen LogP contribution is 2.23. The van der Waals surface area contributed by atoms with Gasteiger partial charge in [0.25, 0.3) is 0 Å². The number of halogens is 2. The third-order valence-corrected chi connectivity index (χ3v) is 3.81. The lowest BCUT2D eigenvalue weighted by Crippen LogP contribution is -1.98. The van der Waals surface area contributed by atoms with E-state index in [1.165, 1.54) is 0 Å². The average molecular weight is 370 g/mol. The fraction of sp³-hybridized carbons (Fsp3) is 0.188. The number of rotatable bonds is 6. The molecule has 0 aromatic heterocycles. The molecule has 0 fully saturated rings. The van der Waals surface area contributed by atoms with Crippen molar-refractivity contribution in [2.45, 2.75) is 19.4 Å². The van der Waals surface area contributed by atoms with Gasteiger partial charge in [0.2, 0.25) is 0 Å². The van der Waals surface area contributed by atoms with E-state index in [0.717, 1.165) is 21.3 Å². The van der Waals surface area contributed by atoms with Crippen LogP contribution in [0.25, 0.3) is 0 Å². The van der Waals surface area contributed by atoms with E-state index in [4.69, 9.17) is 21.4 Å². The molecule has 0 atom stereocenters. The molecule has 110 valence electrons. The summed E-state index contributed by atoms with van der Waals surface area (Å²) >= 11 is 9.50. The van der Waals surface area contributed by atoms with Crippen LogP contribution < -0.4 is 4.74 Å². The van der Waals surface area contributed by atoms with Crippen molar-refractivity contribution in [3.8, 4) is 5.75 Å². The lowest BCUT2D eigenvalue weighted by atomic mass is 10.1. The van der Waals surface area contributed by atoms with Crippen molar-refractivity contribution in [3.05, 3.63) is 63.1 Å². The summed E-state index contributed by atoms with van der Waals surface area (Å²) in [6.07, 6.45) is 0.654. The van der Waals surface area contributed by atoms with E-state index < -0.39 is 5.97 Å². The first kappa shape index (κ1) is 15.9. The Morgan fingerprint density at radius 1 is 1.19 bits per heavy atom. The van der Waals surface area contributed by atoms with Crippen LogP contribution in [0, 0.1) is 0 Å². The number of aliphatic carboxylic acids is 1. The minimum absolute atomic E-state index is 0.133. The van der Waals surface area contributed by atoms with Crippen LogP contribution in [0.5, 0.6) is 5.75 Å². The Kier molecular flexibility index (Phi) is 5.65. The smallest absolute Gasteiger partial charge is 0.303 e. The maximum absolute atomic E-state index is 10.5. The van der Waals surface area contributed by atoms with Crippen molar-refractivity contribution in [1.82, 2.24) is 0 Å². The molecule has 0 unspecified atom stereocenters. The molecule has 2 rings (SSSR count). The first-order valence-corrected chi connectivity index (χ1v) is 7.59. The van der Waals surface area contributed by atoms with Crippen molar-refractivity contribution >= 4 is 33.5 Å². The standard InChI is InChI=1S/C16H14BrClO3/c17-13-4-7-15(18)12(9-13)10-21-14-5-1-11(2-6-14)3-8-16(19)20/h1-2,4-7,9H,3,8,10H2,(H,19,20). The number of hydrogen-bond acceptors (Lipinski definition) is 2. The summed E-state index contributed by atoms with van der Waals surface area (Å²) in [6.45, 7) is 0.382. The van der Waals surface area contributed by atoms with Gasteiger partial charge in [-0.2, -0.15) is 0 Å². The largest absolute Gasteiger partial charge is 0.489 e. The van der Waals surface area contributed by atoms with Crippen molar-refractivity contribution in [3.63, 3.8) is 0 Å². The van der Waals surface area contributed by atoms with Gasteiger partial charge in [-0.15, -0.1) is 0 Å². The van der Waals surface area contributed by atoms with E-state index >= 15 is 0 Å². The molecule has 5 heteroatoms. The van der Waals surface area contributed by atoms with E-state index in [2.05, 4.69) is 15.9 Å². The Balaban J connectivity index is 1.94. The average Bonchev–Trinajstić information content (AvgIpc) is 2.47. The highest BCUT2D eigenvalue weighted by Gasteiger charge is 2.03. The summed E-state index contributed by atoms with van der Waals surface area (Å²) in [5, 5.41) is 9.31. The van der Waals surface area contributed by atoms with Crippen LogP contribution in [0.4, 0.5) is 0 Å². The third-order valence-electron chi connectivity index (χ3n) is 2.95. The summed E-state index contributed by atoms with van der Waals surface area (Å²) in [5.41, 5.74) is 1.88. The summed E-state index contributed by atoms with van der Waals surface area (Å²) in [7, 11) is 0. The second-order valence-corrected chi connectivity index (χ2v) is 5.88. The molecule has 21 heavy (non-hydrogen) atoms. The molecular formula is C16H14BrClO3. The van der Waals surface area contributed by atoms with E-state index in [0.29, 0.717) is 18.1 Å². The Hall–Kier alpha value is -1.52. The van der Waals surface area contributed by atoms with Crippen LogP contribution in [-0.2, 0) is 17.8 Å². The summed E-state index contributed by atoms with van der Waals surface area (Å²) in [5.74, 6) is -0.0651. The van der Waals surface area contributed by atoms with E-state index in [1.54, 1.807) is 0 Å². The van der Waals surface area contributed by atoms with Crippen LogP contribution in [0.3, 0.4) is 0 Å². The molecule has 0 bridgehead atoms. The van der Waals surface area contributed by atoms with Gasteiger partial charge in [-0.1, -0.05) is 39.7 Å². The van der Waals surface area contributed by atoms with Gasteiger partial charge in [-0.05, 0) is 42.3 Å². The Labute approximate surface area is 136 Å². The molecular weight excluding hydrogens is 356 g/mol. The number of benzene rings is 2. The van der Waals surface area contributed by atoms with Gasteiger partial charge in [-0.25, -0.2) is 0 Å². The molecule has 0 radical (unpaired) electrons. The zero-order chi connectivity index (χ0) is 15.2. The first-order chi connectivity index (χ1) is 10.0. The molecule has 0 saturated heterocycles. The van der Waals surface area contributed by atoms with Gasteiger partial charge >= 0.3 is 5.97 Å². The maximum atomic E-state index is 10.5. The van der Waals surface area contributed by atoms with Crippen LogP contribution in [0.15, 0.2) is 46.9 Å². The second kappa shape index (κ2) is 7.48. The Bertz CT molecular complexity index is 626. The molecule has 2 aromatic carbocycles. The summed E-state index contributed by atoms with van der Waals surface area (Å²) in [4.78, 5) is 10.5. The number of carbonyl (C=O) groups is 1. The zero-order valence-corrected chi connectivity index (χ0v) is 13.5. The highest BCUT2D eigenvalue weighted by atomic mass is 79.9. The van der Waals surface area contributed by atoms with E-state index in [-0.39, 0.29) is 6.42 Å². The van der Waals surface area contributed by atoms with Crippen LogP contribution in [0.1, 0.15) is 17.5 Å². The van der Waals surface area contributed by atoms with Gasteiger partial charge in [0.05, 0.1) is 0 Å². The molecule has 0 heterocycles. The molecule has 0 aliphatic rings. The summed E-state index contributed by atoms with van der Waals surface area (Å²) < 4.78 is 6.64. The van der Waals surface area contributed by atoms with E-state index in [9.17, 15) is 4.79 Å². The van der Waals surface area contributed by atoms with Crippen molar-refractivity contribution < 1.29 is 14.6 Å². The minimum Gasteiger partial charge on any atom is -0.489 e. The van der Waals surface area contributed by atoms with E-state index in [1.807, 2.05) is 42.5 Å². The van der Waals surface area contributed by atoms with Gasteiger partial charge in [0, 0.05) is 21.5 Å². The molecule has 2 aromatic rings. The summed E-state index contributed by atoms with van der Waals surface area (Å²) in [6, 6.07) is 13.0. The third kappa shape index (κ3) is 5.06. The van der Waals surface area contributed by atoms with Gasteiger partial charge in [-0.3, -0.25) is 4.79 Å². The Morgan fingerprint density at radius 2 is 1.90 bits per heavy atom. The molecule has 0 aliphatic heterocycles. The van der Waals surface area contributed by atoms with Gasteiger partial charge in [0.1, 0.15) is 12.4 Å². The minimum atomic E-state index is -0.792. The number of ether oxygens (including phenoxy) is 1. The molecule has 3 nitrogen and oxygen atoms in total. The maximum Gasteiger partial charge on any atom is 0.303 e. The second-order valence-electron chi connectivity index (χ2n) is 4.56. The van der Waals surface area contributed by atoms with Crippen LogP contribution >= 0.6 is 27.5 Å². The number of carboxylic acid groups (broad SMARTS) is 1. The number of carboxylic acids is 1. The van der Waals surface area contributed by atoms with Gasteiger partial charge < -0.3 is 9.84 Å². The monoisotopic (exact) mass is 368 g/mol. The SMILES string of the molecule is O=C(O)CCc1ccc(OCc2cc(Br)ccc2Cl)cc1. The van der Waals surface area contributed by atoms with Crippen molar-refractivity contribution in [1.29, 1.82) is 0 Å².